The molecule has 0 saturated heterocycles. The maximum atomic E-state index is 12.3. The number of thiazole rings is 1. The highest BCUT2D eigenvalue weighted by molar-refractivity contribution is 7.17. The zero-order valence-electron chi connectivity index (χ0n) is 22.0. The van der Waals surface area contributed by atoms with Crippen molar-refractivity contribution in [2.45, 2.75) is 33.7 Å². The van der Waals surface area contributed by atoms with Gasteiger partial charge in [-0.3, -0.25) is 5.32 Å². The summed E-state index contributed by atoms with van der Waals surface area (Å²) in [5.74, 6) is 2.26. The number of rotatable bonds is 12. The second-order valence-electron chi connectivity index (χ2n) is 8.72. The van der Waals surface area contributed by atoms with E-state index in [1.807, 2.05) is 19.1 Å². The molecule has 0 unspecified atom stereocenters. The van der Waals surface area contributed by atoms with E-state index < -0.39 is 0 Å². The van der Waals surface area contributed by atoms with Crippen LogP contribution < -0.4 is 15.5 Å². The molecule has 0 amide bonds. The van der Waals surface area contributed by atoms with Gasteiger partial charge < -0.3 is 19.7 Å². The number of carbonyl (C=O) groups excluding carboxylic acids is 1. The molecule has 39 heavy (non-hydrogen) atoms. The predicted octanol–water partition coefficient (Wildman–Crippen LogP) is 3.35. The molecule has 4 heterocycles. The van der Waals surface area contributed by atoms with Crippen molar-refractivity contribution in [2.24, 2.45) is 0 Å². The molecule has 0 saturated carbocycles. The molecule has 3 aromatic heterocycles. The molecule has 0 fully saturated rings. The highest BCUT2D eigenvalue weighted by atomic mass is 32.1. The number of hydrogen-bond acceptors (Lipinski definition) is 13. The van der Waals surface area contributed by atoms with Gasteiger partial charge in [-0.05, 0) is 43.2 Å². The van der Waals surface area contributed by atoms with Gasteiger partial charge in [0.2, 0.25) is 5.95 Å². The van der Waals surface area contributed by atoms with Crippen molar-refractivity contribution in [1.29, 1.82) is 0 Å². The second-order valence-corrected chi connectivity index (χ2v) is 9.72. The largest absolute Gasteiger partial charge is 0.462 e. The molecule has 204 valence electrons. The molecule has 13 nitrogen and oxygen atoms in total. The molecule has 1 aliphatic heterocycles. The first kappa shape index (κ1) is 26.4. The van der Waals surface area contributed by atoms with Crippen LogP contribution in [0.1, 0.15) is 40.3 Å². The van der Waals surface area contributed by atoms with E-state index in [1.54, 1.807) is 13.8 Å². The van der Waals surface area contributed by atoms with Crippen molar-refractivity contribution in [1.82, 2.24) is 35.6 Å². The van der Waals surface area contributed by atoms with Crippen LogP contribution in [0.25, 0.3) is 11.4 Å². The lowest BCUT2D eigenvalue weighted by Crippen LogP contribution is -2.21. The Kier molecular flexibility index (Phi) is 8.22. The molecule has 1 aromatic carbocycles. The summed E-state index contributed by atoms with van der Waals surface area (Å²) >= 11 is 1.22. The van der Waals surface area contributed by atoms with Gasteiger partial charge in [-0.2, -0.15) is 9.97 Å². The number of anilines is 4. The van der Waals surface area contributed by atoms with Crippen LogP contribution in [0.4, 0.5) is 22.7 Å². The number of esters is 1. The molecule has 14 heteroatoms. The fraction of sp³-hybridized carbons (Fsp3) is 0.400. The lowest BCUT2D eigenvalue weighted by Gasteiger charge is -2.20. The number of carbonyl (C=O) groups is 1. The van der Waals surface area contributed by atoms with Gasteiger partial charge in [-0.15, -0.1) is 5.10 Å². The molecular weight excluding hydrogens is 520 g/mol. The van der Waals surface area contributed by atoms with E-state index in [0.717, 1.165) is 41.3 Å². The number of aryl methyl sites for hydroxylation is 1. The lowest BCUT2D eigenvalue weighted by atomic mass is 10.1. The van der Waals surface area contributed by atoms with Gasteiger partial charge in [0.05, 0.1) is 18.9 Å². The first-order valence-electron chi connectivity index (χ1n) is 12.8. The van der Waals surface area contributed by atoms with Crippen molar-refractivity contribution < 1.29 is 14.3 Å². The van der Waals surface area contributed by atoms with E-state index in [4.69, 9.17) is 19.4 Å². The Labute approximate surface area is 229 Å². The Hall–Kier alpha value is -4.17. The first-order valence-corrected chi connectivity index (χ1v) is 13.6. The number of fused-ring (bicyclic) bond motifs is 1. The normalized spacial score (nSPS) is 12.4. The average molecular weight is 551 g/mol. The third kappa shape index (κ3) is 6.12. The summed E-state index contributed by atoms with van der Waals surface area (Å²) in [5, 5.41) is 21.2. The van der Waals surface area contributed by atoms with Crippen LogP contribution in [-0.4, -0.2) is 74.5 Å². The molecule has 0 atom stereocenters. The standard InChI is InChI=1S/C25H30N10O3S/c1-4-37-13-11-26-21-18-10-12-35(14-16-6-8-17(9-7-16)20-31-33-34-32-20)22(18)29-24(28-21)30-25-27-15(3)19(39-25)23(36)38-5-2/h6-9H,4-5,10-14H2,1-3H3,(H,31,32,33,34)(H2,26,27,28,29,30). The van der Waals surface area contributed by atoms with Crippen molar-refractivity contribution in [3.05, 3.63) is 46.0 Å². The van der Waals surface area contributed by atoms with Crippen LogP contribution >= 0.6 is 11.3 Å². The molecule has 3 N–H and O–H groups in total. The topological polar surface area (TPSA) is 156 Å². The maximum Gasteiger partial charge on any atom is 0.350 e. The number of ether oxygens (including phenoxy) is 2. The Balaban J connectivity index is 1.38. The fourth-order valence-corrected chi connectivity index (χ4v) is 5.11. The van der Waals surface area contributed by atoms with E-state index in [2.05, 4.69) is 53.3 Å². The van der Waals surface area contributed by atoms with Gasteiger partial charge in [-0.1, -0.05) is 35.6 Å². The highest BCUT2D eigenvalue weighted by Crippen LogP contribution is 2.35. The van der Waals surface area contributed by atoms with Crippen molar-refractivity contribution in [3.63, 3.8) is 0 Å². The highest BCUT2D eigenvalue weighted by Gasteiger charge is 2.27. The van der Waals surface area contributed by atoms with Crippen LogP contribution in [-0.2, 0) is 22.4 Å². The number of aromatic nitrogens is 7. The van der Waals surface area contributed by atoms with E-state index in [9.17, 15) is 4.79 Å². The third-order valence-electron chi connectivity index (χ3n) is 6.08. The second kappa shape index (κ2) is 12.1. The zero-order valence-corrected chi connectivity index (χ0v) is 22.8. The predicted molar refractivity (Wildman–Crippen MR) is 147 cm³/mol. The Morgan fingerprint density at radius 1 is 1.15 bits per heavy atom. The fourth-order valence-electron chi connectivity index (χ4n) is 4.26. The summed E-state index contributed by atoms with van der Waals surface area (Å²) in [5.41, 5.74) is 3.71. The number of H-pyrrole nitrogens is 1. The molecule has 5 rings (SSSR count). The van der Waals surface area contributed by atoms with E-state index in [1.165, 1.54) is 11.3 Å². The third-order valence-corrected chi connectivity index (χ3v) is 7.13. The van der Waals surface area contributed by atoms with Gasteiger partial charge in [0, 0.05) is 37.4 Å². The number of tetrazole rings is 1. The van der Waals surface area contributed by atoms with Crippen LogP contribution in [0, 0.1) is 6.92 Å². The summed E-state index contributed by atoms with van der Waals surface area (Å²) in [6.45, 7) is 9.18. The maximum absolute atomic E-state index is 12.3. The van der Waals surface area contributed by atoms with E-state index in [0.29, 0.717) is 60.4 Å². The van der Waals surface area contributed by atoms with Crippen molar-refractivity contribution >= 4 is 40.0 Å². The van der Waals surface area contributed by atoms with Gasteiger partial charge in [-0.25, -0.2) is 14.9 Å². The minimum atomic E-state index is -0.384. The van der Waals surface area contributed by atoms with Crippen LogP contribution in [0.3, 0.4) is 0 Å². The van der Waals surface area contributed by atoms with E-state index in [-0.39, 0.29) is 5.97 Å². The van der Waals surface area contributed by atoms with Gasteiger partial charge >= 0.3 is 5.97 Å². The average Bonchev–Trinajstić information content (AvgIpc) is 3.68. The number of hydrogen-bond donors (Lipinski definition) is 3. The molecule has 4 aromatic rings. The molecule has 1 aliphatic rings. The summed E-state index contributed by atoms with van der Waals surface area (Å²) in [6, 6.07) is 8.11. The zero-order chi connectivity index (χ0) is 27.2. The van der Waals surface area contributed by atoms with Crippen LogP contribution in [0.5, 0.6) is 0 Å². The van der Waals surface area contributed by atoms with Crippen molar-refractivity contribution in [2.75, 3.05) is 48.4 Å². The van der Waals surface area contributed by atoms with Crippen LogP contribution in [0.15, 0.2) is 24.3 Å². The molecule has 0 aliphatic carbocycles. The number of nitrogens with zero attached hydrogens (tertiary/aromatic N) is 7. The number of nitrogens with one attached hydrogen (secondary N) is 3. The van der Waals surface area contributed by atoms with Gasteiger partial charge in [0.15, 0.2) is 11.0 Å². The van der Waals surface area contributed by atoms with E-state index >= 15 is 0 Å². The molecule has 0 radical (unpaired) electrons. The Morgan fingerprint density at radius 2 is 2.00 bits per heavy atom. The van der Waals surface area contributed by atoms with Gasteiger partial charge in [0.1, 0.15) is 16.5 Å². The van der Waals surface area contributed by atoms with Crippen molar-refractivity contribution in [3.8, 4) is 11.4 Å². The summed E-state index contributed by atoms with van der Waals surface area (Å²) < 4.78 is 10.6. The molecular formula is C25H30N10O3S. The quantitative estimate of drug-likeness (QED) is 0.175. The number of aromatic amines is 1. The summed E-state index contributed by atoms with van der Waals surface area (Å²) in [7, 11) is 0. The molecule has 0 bridgehead atoms. The lowest BCUT2D eigenvalue weighted by molar-refractivity contribution is 0.0531. The van der Waals surface area contributed by atoms with Gasteiger partial charge in [0.25, 0.3) is 0 Å². The first-order chi connectivity index (χ1) is 19.1. The Morgan fingerprint density at radius 3 is 2.74 bits per heavy atom. The Bertz CT molecular complexity index is 1410. The molecule has 0 spiro atoms. The minimum Gasteiger partial charge on any atom is -0.462 e. The minimum absolute atomic E-state index is 0.305. The van der Waals surface area contributed by atoms with Crippen LogP contribution in [0.2, 0.25) is 0 Å². The monoisotopic (exact) mass is 550 g/mol. The smallest absolute Gasteiger partial charge is 0.350 e. The summed E-state index contributed by atoms with van der Waals surface area (Å²) in [4.78, 5) is 29.1. The summed E-state index contributed by atoms with van der Waals surface area (Å²) in [6.07, 6.45) is 0.817. The number of benzene rings is 1. The SMILES string of the molecule is CCOCCNc1nc(Nc2nc(C)c(C(=O)OCC)s2)nc2c1CCN2Cc1ccc(-c2nnn[nH]2)cc1.